The monoisotopic (exact) mass is 236 g/mol. The first-order valence-corrected chi connectivity index (χ1v) is 5.69. The second-order valence-corrected chi connectivity index (χ2v) is 4.63. The highest BCUT2D eigenvalue weighted by Crippen LogP contribution is 2.40. The Bertz CT molecular complexity index is 223. The van der Waals surface area contributed by atoms with E-state index in [9.17, 15) is 13.2 Å². The van der Waals surface area contributed by atoms with Gasteiger partial charge in [-0.2, -0.15) is 13.2 Å². The Morgan fingerprint density at radius 2 is 1.38 bits per heavy atom. The summed E-state index contributed by atoms with van der Waals surface area (Å²) in [6.07, 6.45) is 4.20. The van der Waals surface area contributed by atoms with Gasteiger partial charge in [0.1, 0.15) is 7.28 Å². The molecule has 2 aliphatic rings. The van der Waals surface area contributed by atoms with Crippen molar-refractivity contribution in [1.82, 2.24) is 0 Å². The summed E-state index contributed by atoms with van der Waals surface area (Å²) in [6.45, 7) is 0. The molecule has 2 saturated heterocycles. The fourth-order valence-electron chi connectivity index (χ4n) is 2.62. The van der Waals surface area contributed by atoms with Gasteiger partial charge >= 0.3 is 12.1 Å². The molecule has 2 nitrogen and oxygen atoms in total. The third-order valence-electron chi connectivity index (χ3n) is 3.36. The lowest BCUT2D eigenvalue weighted by Gasteiger charge is -2.32. The van der Waals surface area contributed by atoms with Crippen LogP contribution in [0.15, 0.2) is 0 Å². The molecule has 2 rings (SSSR count). The van der Waals surface area contributed by atoms with Crippen LogP contribution in [0.5, 0.6) is 0 Å². The van der Waals surface area contributed by atoms with Gasteiger partial charge in [-0.3, -0.25) is 0 Å². The van der Waals surface area contributed by atoms with E-state index in [0.717, 1.165) is 11.6 Å². The van der Waals surface area contributed by atoms with Crippen molar-refractivity contribution in [3.63, 3.8) is 0 Å². The first-order valence-electron chi connectivity index (χ1n) is 5.69. The van der Waals surface area contributed by atoms with Crippen molar-refractivity contribution >= 4 is 13.2 Å². The predicted octanol–water partition coefficient (Wildman–Crippen LogP) is 3.00. The standard InChI is InChI=1S/C8H15B.C2HF3O2/c1-3-7-5-2-6-8(4-1)9-7;3-2(4,5)1(6)7/h7-9H,1-6H2;(H,6,7). The van der Waals surface area contributed by atoms with Gasteiger partial charge in [-0.15, -0.1) is 0 Å². The van der Waals surface area contributed by atoms with Gasteiger partial charge in [0, 0.05) is 0 Å². The first-order chi connectivity index (χ1) is 7.39. The first kappa shape index (κ1) is 13.4. The van der Waals surface area contributed by atoms with Crippen LogP contribution in [0.1, 0.15) is 38.5 Å². The van der Waals surface area contributed by atoms with Crippen LogP contribution in [0.2, 0.25) is 11.6 Å². The maximum absolute atomic E-state index is 10.6. The highest BCUT2D eigenvalue weighted by atomic mass is 19.4. The van der Waals surface area contributed by atoms with Gasteiger partial charge in [0.05, 0.1) is 0 Å². The second kappa shape index (κ2) is 5.59. The van der Waals surface area contributed by atoms with Gasteiger partial charge in [-0.05, 0) is 0 Å². The van der Waals surface area contributed by atoms with E-state index in [-0.39, 0.29) is 0 Å². The van der Waals surface area contributed by atoms with Crippen LogP contribution in [0.4, 0.5) is 13.2 Å². The molecular weight excluding hydrogens is 220 g/mol. The molecule has 0 aliphatic carbocycles. The molecule has 92 valence electrons. The van der Waals surface area contributed by atoms with Crippen molar-refractivity contribution in [2.45, 2.75) is 56.3 Å². The minimum Gasteiger partial charge on any atom is -0.475 e. The summed E-state index contributed by atoms with van der Waals surface area (Å²) in [5.74, 6) is -0.456. The number of hydrogen-bond donors (Lipinski definition) is 1. The van der Waals surface area contributed by atoms with Crippen molar-refractivity contribution < 1.29 is 23.1 Å². The van der Waals surface area contributed by atoms with E-state index >= 15 is 0 Å². The largest absolute Gasteiger partial charge is 0.490 e. The smallest absolute Gasteiger partial charge is 0.475 e. The third kappa shape index (κ3) is 4.45. The van der Waals surface area contributed by atoms with Crippen LogP contribution in [0, 0.1) is 0 Å². The van der Waals surface area contributed by atoms with E-state index in [4.69, 9.17) is 9.90 Å². The van der Waals surface area contributed by atoms with Gasteiger partial charge in [-0.25, -0.2) is 4.79 Å². The number of carbonyl (C=O) groups is 1. The molecule has 0 amide bonds. The molecule has 0 atom stereocenters. The summed E-state index contributed by atoms with van der Waals surface area (Å²) in [4.78, 5) is 8.90. The Kier molecular flexibility index (Phi) is 4.68. The lowest BCUT2D eigenvalue weighted by atomic mass is 9.44. The number of aliphatic carboxylic acids is 1. The van der Waals surface area contributed by atoms with Crippen molar-refractivity contribution in [2.24, 2.45) is 0 Å². The van der Waals surface area contributed by atoms with Crippen LogP contribution in [0.3, 0.4) is 0 Å². The number of alkyl halides is 3. The zero-order valence-corrected chi connectivity index (χ0v) is 9.09. The molecule has 1 N–H and O–H groups in total. The fraction of sp³-hybridized carbons (Fsp3) is 0.900. The maximum atomic E-state index is 10.6. The van der Waals surface area contributed by atoms with Gasteiger partial charge in [0.15, 0.2) is 0 Å². The van der Waals surface area contributed by atoms with Gasteiger partial charge in [0.2, 0.25) is 0 Å². The summed E-state index contributed by atoms with van der Waals surface area (Å²) in [5.41, 5.74) is 0. The lowest BCUT2D eigenvalue weighted by molar-refractivity contribution is -0.192. The quantitative estimate of drug-likeness (QED) is 0.656. The Balaban J connectivity index is 0.000000168. The second-order valence-electron chi connectivity index (χ2n) is 4.63. The molecule has 0 aromatic heterocycles. The molecule has 16 heavy (non-hydrogen) atoms. The minimum absolute atomic E-state index is 1.15. The fourth-order valence-corrected chi connectivity index (χ4v) is 2.62. The van der Waals surface area contributed by atoms with E-state index in [1.165, 1.54) is 12.8 Å². The molecule has 0 saturated carbocycles. The van der Waals surface area contributed by atoms with Crippen molar-refractivity contribution in [1.29, 1.82) is 0 Å². The van der Waals surface area contributed by atoms with Crippen molar-refractivity contribution in [2.75, 3.05) is 0 Å². The molecular formula is C10H16BF3O2. The summed E-state index contributed by atoms with van der Waals surface area (Å²) < 4.78 is 31.7. The number of halogens is 3. The number of rotatable bonds is 0. The summed E-state index contributed by atoms with van der Waals surface area (Å²) in [6, 6.07) is 0. The van der Waals surface area contributed by atoms with Crippen LogP contribution in [0.25, 0.3) is 0 Å². The topological polar surface area (TPSA) is 37.3 Å². The van der Waals surface area contributed by atoms with Gasteiger partial charge < -0.3 is 5.11 Å². The van der Waals surface area contributed by atoms with Gasteiger partial charge in [-0.1, -0.05) is 50.2 Å². The van der Waals surface area contributed by atoms with E-state index in [1.54, 1.807) is 33.0 Å². The van der Waals surface area contributed by atoms with E-state index in [1.807, 2.05) is 0 Å². The average molecular weight is 236 g/mol. The Morgan fingerprint density at radius 1 is 1.06 bits per heavy atom. The van der Waals surface area contributed by atoms with Crippen LogP contribution >= 0.6 is 0 Å². The number of fused-ring (bicyclic) bond motifs is 2. The van der Waals surface area contributed by atoms with E-state index < -0.39 is 12.1 Å². The van der Waals surface area contributed by atoms with Crippen LogP contribution in [-0.4, -0.2) is 24.5 Å². The Hall–Kier alpha value is -0.675. The Morgan fingerprint density at radius 3 is 1.56 bits per heavy atom. The highest BCUT2D eigenvalue weighted by Gasteiger charge is 2.38. The number of hydrogen-bond acceptors (Lipinski definition) is 1. The minimum atomic E-state index is -5.08. The molecule has 0 spiro atoms. The summed E-state index contributed by atoms with van der Waals surface area (Å²) >= 11 is 0. The molecule has 2 aliphatic heterocycles. The van der Waals surface area contributed by atoms with Crippen molar-refractivity contribution in [3.8, 4) is 0 Å². The SMILES string of the molecule is B1C2CCCC1CCC2.O=C(O)C(F)(F)F. The molecule has 0 unspecified atom stereocenters. The molecule has 0 radical (unpaired) electrons. The van der Waals surface area contributed by atoms with E-state index in [0.29, 0.717) is 0 Å². The van der Waals surface area contributed by atoms with E-state index in [2.05, 4.69) is 0 Å². The molecule has 0 aromatic carbocycles. The Labute approximate surface area is 93.5 Å². The molecule has 2 fully saturated rings. The summed E-state index contributed by atoms with van der Waals surface area (Å²) in [7, 11) is 1.58. The van der Waals surface area contributed by atoms with Crippen LogP contribution in [-0.2, 0) is 4.79 Å². The van der Waals surface area contributed by atoms with Crippen LogP contribution < -0.4 is 0 Å². The normalized spacial score (nSPS) is 28.4. The summed E-state index contributed by atoms with van der Waals surface area (Å²) in [5, 5.41) is 7.12. The molecule has 6 heteroatoms. The zero-order valence-electron chi connectivity index (χ0n) is 9.09. The number of carboxylic acid groups (broad SMARTS) is 1. The van der Waals surface area contributed by atoms with Gasteiger partial charge in [0.25, 0.3) is 0 Å². The van der Waals surface area contributed by atoms with Crippen molar-refractivity contribution in [3.05, 3.63) is 0 Å². The highest BCUT2D eigenvalue weighted by molar-refractivity contribution is 6.40. The number of carboxylic acids is 1. The molecule has 0 aromatic rings. The average Bonchev–Trinajstić information content (AvgIpc) is 2.17. The molecule has 2 bridgehead atoms. The third-order valence-corrected chi connectivity index (χ3v) is 3.36. The maximum Gasteiger partial charge on any atom is 0.490 e. The predicted molar refractivity (Wildman–Crippen MR) is 56.0 cm³/mol. The lowest BCUT2D eigenvalue weighted by Crippen LogP contribution is -2.21. The zero-order chi connectivity index (χ0) is 12.2. The molecule has 2 heterocycles.